The third kappa shape index (κ3) is 2.64. The molecule has 0 amide bonds. The van der Waals surface area contributed by atoms with Gasteiger partial charge in [0.1, 0.15) is 17.9 Å². The van der Waals surface area contributed by atoms with Crippen molar-refractivity contribution < 1.29 is 0 Å². The van der Waals surface area contributed by atoms with Crippen LogP contribution in [0.1, 0.15) is 12.5 Å². The van der Waals surface area contributed by atoms with Crippen molar-refractivity contribution in [1.82, 2.24) is 24.4 Å². The number of rotatable bonds is 5. The van der Waals surface area contributed by atoms with E-state index in [1.807, 2.05) is 14.1 Å². The van der Waals surface area contributed by atoms with E-state index >= 15 is 0 Å². The van der Waals surface area contributed by atoms with E-state index in [4.69, 9.17) is 0 Å². The van der Waals surface area contributed by atoms with Crippen molar-refractivity contribution in [3.63, 3.8) is 0 Å². The molecule has 7 heteroatoms. The van der Waals surface area contributed by atoms with E-state index in [-0.39, 0.29) is 0 Å². The highest BCUT2D eigenvalue weighted by atomic mass is 15.2. The van der Waals surface area contributed by atoms with Gasteiger partial charge in [0.15, 0.2) is 11.5 Å². The largest absolute Gasteiger partial charge is 0.369 e. The number of aliphatic imine (C=N–C) groups is 1. The Kier molecular flexibility index (Phi) is 4.05. The minimum Gasteiger partial charge on any atom is -0.369 e. The summed E-state index contributed by atoms with van der Waals surface area (Å²) in [5, 5.41) is 9.26. The van der Waals surface area contributed by atoms with Gasteiger partial charge in [0, 0.05) is 14.1 Å². The quantitative estimate of drug-likeness (QED) is 0.468. The van der Waals surface area contributed by atoms with Gasteiger partial charge in [-0.15, -0.1) is 6.58 Å². The van der Waals surface area contributed by atoms with Gasteiger partial charge in [0.2, 0.25) is 0 Å². The molecule has 0 aromatic carbocycles. The second kappa shape index (κ2) is 5.93. The molecular formula is C13H15N7. The lowest BCUT2D eigenvalue weighted by Crippen LogP contribution is -2.08. The molecule has 0 aliphatic heterocycles. The molecule has 2 rings (SSSR count). The fourth-order valence-electron chi connectivity index (χ4n) is 1.75. The Morgan fingerprint density at radius 2 is 2.30 bits per heavy atom. The highest BCUT2D eigenvalue weighted by Gasteiger charge is 2.16. The van der Waals surface area contributed by atoms with Crippen LogP contribution >= 0.6 is 0 Å². The van der Waals surface area contributed by atoms with Crippen molar-refractivity contribution >= 4 is 23.3 Å². The molecule has 1 atom stereocenters. The maximum atomic E-state index is 9.26. The van der Waals surface area contributed by atoms with Crippen LogP contribution in [0.4, 0.5) is 5.82 Å². The molecule has 1 unspecified atom stereocenters. The Morgan fingerprint density at radius 1 is 1.50 bits per heavy atom. The van der Waals surface area contributed by atoms with Gasteiger partial charge in [-0.05, 0) is 6.42 Å². The van der Waals surface area contributed by atoms with Crippen LogP contribution in [-0.2, 0) is 0 Å². The molecule has 0 aliphatic carbocycles. The van der Waals surface area contributed by atoms with Crippen LogP contribution in [0.25, 0.3) is 11.2 Å². The van der Waals surface area contributed by atoms with Crippen molar-refractivity contribution in [1.29, 1.82) is 5.26 Å². The van der Waals surface area contributed by atoms with Gasteiger partial charge >= 0.3 is 0 Å². The van der Waals surface area contributed by atoms with Gasteiger partial charge in [-0.1, -0.05) is 6.08 Å². The van der Waals surface area contributed by atoms with Gasteiger partial charge in [-0.2, -0.15) is 5.26 Å². The minimum absolute atomic E-state index is 0.392. The van der Waals surface area contributed by atoms with Crippen LogP contribution in [0.2, 0.25) is 0 Å². The Labute approximate surface area is 116 Å². The molecule has 2 aromatic rings. The van der Waals surface area contributed by atoms with E-state index in [9.17, 15) is 5.26 Å². The van der Waals surface area contributed by atoms with E-state index in [1.165, 1.54) is 6.33 Å². The highest BCUT2D eigenvalue weighted by molar-refractivity contribution is 5.83. The summed E-state index contributed by atoms with van der Waals surface area (Å²) in [6.07, 6.45) is 6.87. The zero-order valence-corrected chi connectivity index (χ0v) is 11.4. The molecule has 0 fully saturated rings. The lowest BCUT2D eigenvalue weighted by Gasteiger charge is -2.10. The van der Waals surface area contributed by atoms with Crippen LogP contribution in [0, 0.1) is 11.3 Å². The summed E-state index contributed by atoms with van der Waals surface area (Å²) in [6.45, 7) is 3.67. The van der Waals surface area contributed by atoms with Gasteiger partial charge < -0.3 is 9.47 Å². The summed E-state index contributed by atoms with van der Waals surface area (Å²) >= 11 is 0. The van der Waals surface area contributed by atoms with E-state index < -0.39 is 6.04 Å². The monoisotopic (exact) mass is 269 g/mol. The molecule has 2 heterocycles. The third-order valence-corrected chi connectivity index (χ3v) is 2.63. The molecule has 2 aromatic heterocycles. The first-order valence-electron chi connectivity index (χ1n) is 6.06. The normalized spacial score (nSPS) is 12.4. The first-order chi connectivity index (χ1) is 9.67. The molecule has 0 N–H and O–H groups in total. The van der Waals surface area contributed by atoms with Crippen LogP contribution in [0.15, 0.2) is 30.3 Å². The molecule has 102 valence electrons. The van der Waals surface area contributed by atoms with E-state index in [0.717, 1.165) is 0 Å². The Balaban J connectivity index is 2.57. The summed E-state index contributed by atoms with van der Waals surface area (Å²) < 4.78 is 1.74. The number of allylic oxidation sites excluding steroid dienone is 1. The van der Waals surface area contributed by atoms with E-state index in [2.05, 4.69) is 32.6 Å². The number of hydrogen-bond acceptors (Lipinski definition) is 5. The zero-order valence-electron chi connectivity index (χ0n) is 11.4. The van der Waals surface area contributed by atoms with Gasteiger partial charge in [-0.25, -0.2) is 19.9 Å². The maximum Gasteiger partial charge on any atom is 0.183 e. The van der Waals surface area contributed by atoms with Crippen LogP contribution in [0.5, 0.6) is 0 Å². The predicted molar refractivity (Wildman–Crippen MR) is 76.6 cm³/mol. The Bertz CT molecular complexity index is 678. The molecule has 7 nitrogen and oxygen atoms in total. The van der Waals surface area contributed by atoms with Crippen molar-refractivity contribution in [3.8, 4) is 6.07 Å². The van der Waals surface area contributed by atoms with Crippen LogP contribution < -0.4 is 0 Å². The lowest BCUT2D eigenvalue weighted by atomic mass is 10.2. The van der Waals surface area contributed by atoms with E-state index in [0.29, 0.717) is 23.4 Å². The Hall–Kier alpha value is -2.75. The molecule has 0 bridgehead atoms. The van der Waals surface area contributed by atoms with Crippen molar-refractivity contribution in [2.24, 2.45) is 4.99 Å². The summed E-state index contributed by atoms with van der Waals surface area (Å²) in [5.41, 5.74) is 1.18. The molecule has 0 saturated heterocycles. The van der Waals surface area contributed by atoms with Gasteiger partial charge in [0.25, 0.3) is 0 Å². The smallest absolute Gasteiger partial charge is 0.183 e. The standard InChI is InChI=1S/C13H15N7/c1-4-5-10(6-14)20-9-18-13-11(20)12(15-7-16-13)17-8-19(2)3/h4,7-10H,1,5H2,2-3H3. The third-order valence-electron chi connectivity index (χ3n) is 2.63. The predicted octanol–water partition coefficient (Wildman–Crippen LogP) is 1.69. The number of nitrogens with zero attached hydrogens (tertiary/aromatic N) is 7. The SMILES string of the molecule is C=CCC(C#N)n1cnc2ncnc(N=CN(C)C)c21. The maximum absolute atomic E-state index is 9.26. The summed E-state index contributed by atoms with van der Waals surface area (Å²) in [5.74, 6) is 0.491. The number of hydrogen-bond donors (Lipinski definition) is 0. The summed E-state index contributed by atoms with van der Waals surface area (Å²) in [4.78, 5) is 18.6. The first kappa shape index (κ1) is 13.7. The van der Waals surface area contributed by atoms with Crippen molar-refractivity contribution in [2.45, 2.75) is 12.5 Å². The van der Waals surface area contributed by atoms with Crippen molar-refractivity contribution in [3.05, 3.63) is 25.3 Å². The minimum atomic E-state index is -0.392. The molecule has 0 aliphatic rings. The number of fused-ring (bicyclic) bond motifs is 1. The summed E-state index contributed by atoms with van der Waals surface area (Å²) in [6, 6.07) is 1.83. The average molecular weight is 269 g/mol. The fourth-order valence-corrected chi connectivity index (χ4v) is 1.75. The lowest BCUT2D eigenvalue weighted by molar-refractivity contribution is 0.638. The van der Waals surface area contributed by atoms with Crippen molar-refractivity contribution in [2.75, 3.05) is 14.1 Å². The van der Waals surface area contributed by atoms with Gasteiger partial charge in [0.05, 0.1) is 18.7 Å². The number of nitriles is 1. The topological polar surface area (TPSA) is 83.0 Å². The summed E-state index contributed by atoms with van der Waals surface area (Å²) in [7, 11) is 3.74. The molecule has 0 spiro atoms. The second-order valence-corrected chi connectivity index (χ2v) is 4.40. The second-order valence-electron chi connectivity index (χ2n) is 4.40. The molecular weight excluding hydrogens is 254 g/mol. The fraction of sp³-hybridized carbons (Fsp3) is 0.308. The Morgan fingerprint density at radius 3 is 2.95 bits per heavy atom. The molecule has 0 radical (unpaired) electrons. The average Bonchev–Trinajstić information content (AvgIpc) is 2.87. The highest BCUT2D eigenvalue weighted by Crippen LogP contribution is 2.25. The molecule has 20 heavy (non-hydrogen) atoms. The van der Waals surface area contributed by atoms with E-state index in [1.54, 1.807) is 28.2 Å². The zero-order chi connectivity index (χ0) is 14.5. The number of aromatic nitrogens is 4. The van der Waals surface area contributed by atoms with Crippen LogP contribution in [-0.4, -0.2) is 44.9 Å². The first-order valence-corrected chi connectivity index (χ1v) is 6.06. The molecule has 0 saturated carbocycles. The van der Waals surface area contributed by atoms with Gasteiger partial charge in [-0.3, -0.25) is 0 Å². The van der Waals surface area contributed by atoms with Crippen LogP contribution in [0.3, 0.4) is 0 Å². The number of imidazole rings is 1.